The minimum Gasteiger partial charge on any atom is -0.542 e. The highest BCUT2D eigenvalue weighted by molar-refractivity contribution is 8.06. The smallest absolute Gasteiger partial charge is 0.408 e. The van der Waals surface area contributed by atoms with Crippen molar-refractivity contribution in [3.8, 4) is 0 Å². The van der Waals surface area contributed by atoms with Gasteiger partial charge in [0.25, 0.3) is 0 Å². The van der Waals surface area contributed by atoms with Gasteiger partial charge < -0.3 is 19.6 Å². The quantitative estimate of drug-likeness (QED) is 0.419. The summed E-state index contributed by atoms with van der Waals surface area (Å²) in [5, 5.41) is 3.95. The predicted molar refractivity (Wildman–Crippen MR) is 103 cm³/mol. The number of hydrogen-bond acceptors (Lipinski definition) is 8. The molecule has 0 radical (unpaired) electrons. The topological polar surface area (TPSA) is 97.8 Å². The standard InChI is InChI=1S/C16H16BN3O5S2/c1-2-7-24-16(23)19-11-13(21)20-12(15(22)25-17)10(8-26-14(11)20)27-9-3-5-18-6-4-9/h2-6,8,11-12,14H,1,7,17H2,(H,19,23)/t11-,12?,14-/m1/s1. The molecule has 3 atom stereocenters. The summed E-state index contributed by atoms with van der Waals surface area (Å²) in [5.74, 6) is -0.895. The van der Waals surface area contributed by atoms with Gasteiger partial charge in [0.2, 0.25) is 5.91 Å². The summed E-state index contributed by atoms with van der Waals surface area (Å²) >= 11 is 2.72. The van der Waals surface area contributed by atoms with E-state index in [2.05, 4.69) is 16.9 Å². The van der Waals surface area contributed by atoms with Crippen molar-refractivity contribution in [3.05, 3.63) is 47.5 Å². The van der Waals surface area contributed by atoms with Crippen LogP contribution < -0.4 is 5.32 Å². The zero-order valence-corrected chi connectivity index (χ0v) is 16.0. The first-order valence-corrected chi connectivity index (χ1v) is 9.70. The first kappa shape index (κ1) is 19.4. The molecule has 1 aromatic heterocycles. The molecule has 2 aliphatic rings. The summed E-state index contributed by atoms with van der Waals surface area (Å²) in [6, 6.07) is 2.01. The van der Waals surface area contributed by atoms with Crippen molar-refractivity contribution in [2.45, 2.75) is 22.4 Å². The third-order valence-electron chi connectivity index (χ3n) is 3.87. The highest BCUT2D eigenvalue weighted by atomic mass is 32.2. The lowest BCUT2D eigenvalue weighted by atomic mass is 10.0. The molecule has 8 nitrogen and oxygen atoms in total. The van der Waals surface area contributed by atoms with Crippen LogP contribution in [-0.2, 0) is 19.0 Å². The van der Waals surface area contributed by atoms with Gasteiger partial charge >= 0.3 is 20.1 Å². The van der Waals surface area contributed by atoms with Gasteiger partial charge in [-0.05, 0) is 17.5 Å². The summed E-state index contributed by atoms with van der Waals surface area (Å²) in [6.07, 6.45) is 4.03. The van der Waals surface area contributed by atoms with Crippen LogP contribution >= 0.6 is 23.5 Å². The molecular formula is C16H16BN3O5S2. The summed E-state index contributed by atoms with van der Waals surface area (Å²) in [7, 11) is 1.28. The summed E-state index contributed by atoms with van der Waals surface area (Å²) in [5.41, 5.74) is 0. The van der Waals surface area contributed by atoms with Crippen LogP contribution in [0.2, 0.25) is 0 Å². The molecule has 140 valence electrons. The number of carbonyl (C=O) groups is 3. The zero-order chi connectivity index (χ0) is 19.4. The number of amides is 2. The van der Waals surface area contributed by atoms with Gasteiger partial charge in [0.15, 0.2) is 6.04 Å². The van der Waals surface area contributed by atoms with E-state index in [-0.39, 0.29) is 12.5 Å². The Kier molecular flexibility index (Phi) is 6.12. The molecule has 1 aromatic rings. The largest absolute Gasteiger partial charge is 0.542 e. The normalized spacial score (nSPS) is 23.4. The maximum atomic E-state index is 12.6. The van der Waals surface area contributed by atoms with E-state index in [0.29, 0.717) is 4.91 Å². The number of rotatable bonds is 6. The molecule has 0 bridgehead atoms. The lowest BCUT2D eigenvalue weighted by molar-refractivity contribution is -0.157. The number of nitrogens with zero attached hydrogens (tertiary/aromatic N) is 2. The van der Waals surface area contributed by atoms with E-state index >= 15 is 0 Å². The van der Waals surface area contributed by atoms with Crippen LogP contribution in [0.1, 0.15) is 0 Å². The number of thioether (sulfide) groups is 2. The molecule has 1 N–H and O–H groups in total. The van der Waals surface area contributed by atoms with Gasteiger partial charge in [0.1, 0.15) is 18.0 Å². The van der Waals surface area contributed by atoms with Crippen LogP contribution in [0.5, 0.6) is 0 Å². The number of ether oxygens (including phenoxy) is 1. The molecule has 1 fully saturated rings. The molecule has 2 aliphatic heterocycles. The Morgan fingerprint density at radius 3 is 2.85 bits per heavy atom. The molecule has 1 unspecified atom stereocenters. The first-order chi connectivity index (χ1) is 13.1. The highest BCUT2D eigenvalue weighted by Gasteiger charge is 2.56. The number of aromatic nitrogens is 1. The van der Waals surface area contributed by atoms with E-state index in [0.717, 1.165) is 4.90 Å². The van der Waals surface area contributed by atoms with Crippen molar-refractivity contribution in [2.24, 2.45) is 0 Å². The van der Waals surface area contributed by atoms with E-state index in [1.54, 1.807) is 12.4 Å². The number of β-lactam (4-membered cyclic amide) rings is 1. The monoisotopic (exact) mass is 405 g/mol. The van der Waals surface area contributed by atoms with Crippen molar-refractivity contribution < 1.29 is 23.8 Å². The molecule has 0 saturated carbocycles. The Labute approximate surface area is 165 Å². The lowest BCUT2D eigenvalue weighted by Gasteiger charge is -2.51. The molecule has 0 aromatic carbocycles. The lowest BCUT2D eigenvalue weighted by Crippen LogP contribution is -2.73. The number of pyridine rings is 1. The van der Waals surface area contributed by atoms with E-state index in [4.69, 9.17) is 9.39 Å². The summed E-state index contributed by atoms with van der Waals surface area (Å²) in [4.78, 5) is 43.6. The maximum absolute atomic E-state index is 12.6. The van der Waals surface area contributed by atoms with Gasteiger partial charge in [-0.2, -0.15) is 0 Å². The fourth-order valence-corrected chi connectivity index (χ4v) is 4.95. The summed E-state index contributed by atoms with van der Waals surface area (Å²) in [6.45, 7) is 3.51. The van der Waals surface area contributed by atoms with Crippen molar-refractivity contribution in [1.82, 2.24) is 15.2 Å². The Hall–Kier alpha value is -2.40. The third kappa shape index (κ3) is 3.98. The van der Waals surface area contributed by atoms with Crippen LogP contribution in [0.3, 0.4) is 0 Å². The predicted octanol–water partition coefficient (Wildman–Crippen LogP) is 0.671. The van der Waals surface area contributed by atoms with Gasteiger partial charge in [0.05, 0.1) is 0 Å². The SMILES string of the molecule is BOC(=O)C1C(Sc2ccncc2)=CS[C@@H]2[C@H](NC(=O)OCC=C)C(=O)N12. The summed E-state index contributed by atoms with van der Waals surface area (Å²) < 4.78 is 9.75. The van der Waals surface area contributed by atoms with E-state index in [1.165, 1.54) is 42.5 Å². The van der Waals surface area contributed by atoms with Crippen LogP contribution in [0.25, 0.3) is 0 Å². The van der Waals surface area contributed by atoms with Crippen molar-refractivity contribution in [3.63, 3.8) is 0 Å². The number of hydrogen-bond donors (Lipinski definition) is 1. The third-order valence-corrected chi connectivity index (χ3v) is 6.27. The van der Waals surface area contributed by atoms with Crippen LogP contribution in [0.4, 0.5) is 4.79 Å². The van der Waals surface area contributed by atoms with Crippen LogP contribution in [-0.4, -0.2) is 60.0 Å². The maximum Gasteiger partial charge on any atom is 0.408 e. The molecule has 0 aliphatic carbocycles. The van der Waals surface area contributed by atoms with E-state index < -0.39 is 29.5 Å². The van der Waals surface area contributed by atoms with Gasteiger partial charge in [-0.25, -0.2) is 4.79 Å². The van der Waals surface area contributed by atoms with Crippen LogP contribution in [0.15, 0.2) is 52.4 Å². The number of fused-ring (bicyclic) bond motifs is 1. The molecule has 27 heavy (non-hydrogen) atoms. The first-order valence-electron chi connectivity index (χ1n) is 7.94. The minimum atomic E-state index is -0.853. The molecule has 1 saturated heterocycles. The van der Waals surface area contributed by atoms with Crippen molar-refractivity contribution >= 4 is 49.5 Å². The number of carbonyl (C=O) groups excluding carboxylic acids is 3. The van der Waals surface area contributed by atoms with Crippen LogP contribution in [0, 0.1) is 0 Å². The highest BCUT2D eigenvalue weighted by Crippen LogP contribution is 2.45. The molecule has 2 amide bonds. The van der Waals surface area contributed by atoms with E-state index in [9.17, 15) is 14.4 Å². The molecule has 0 spiro atoms. The Bertz CT molecular complexity index is 792. The van der Waals surface area contributed by atoms with Gasteiger partial charge in [-0.15, -0.1) is 11.8 Å². The average Bonchev–Trinajstić information content (AvgIpc) is 2.70. The zero-order valence-electron chi connectivity index (χ0n) is 14.4. The molecular weight excluding hydrogens is 389 g/mol. The fraction of sp³-hybridized carbons (Fsp3) is 0.250. The minimum absolute atomic E-state index is 0.0473. The Morgan fingerprint density at radius 1 is 1.44 bits per heavy atom. The second-order valence-electron chi connectivity index (χ2n) is 5.51. The molecule has 3 heterocycles. The fourth-order valence-electron chi connectivity index (χ4n) is 2.64. The molecule has 3 rings (SSSR count). The number of nitrogens with one attached hydrogen (secondary N) is 1. The average molecular weight is 405 g/mol. The van der Waals surface area contributed by atoms with Crippen molar-refractivity contribution in [1.29, 1.82) is 0 Å². The van der Waals surface area contributed by atoms with Gasteiger partial charge in [-0.1, -0.05) is 24.4 Å². The van der Waals surface area contributed by atoms with Crippen molar-refractivity contribution in [2.75, 3.05) is 6.61 Å². The Morgan fingerprint density at radius 2 is 2.19 bits per heavy atom. The Balaban J connectivity index is 1.77. The number of alkyl carbamates (subject to hydrolysis) is 1. The second-order valence-corrected chi connectivity index (χ2v) is 7.65. The second kappa shape index (κ2) is 8.53. The van der Waals surface area contributed by atoms with Gasteiger partial charge in [-0.3, -0.25) is 14.6 Å². The van der Waals surface area contributed by atoms with E-state index in [1.807, 2.05) is 17.5 Å². The molecule has 11 heteroatoms. The van der Waals surface area contributed by atoms with Gasteiger partial charge in [0, 0.05) is 22.2 Å².